The smallest absolute Gasteiger partial charge is 0.266 e. The fraction of sp³-hybridized carbons (Fsp3) is 0.158. The van der Waals surface area contributed by atoms with Crippen LogP contribution in [0, 0.1) is 0 Å². The van der Waals surface area contributed by atoms with E-state index in [2.05, 4.69) is 20.9 Å². The Bertz CT molecular complexity index is 921. The summed E-state index contributed by atoms with van der Waals surface area (Å²) < 4.78 is 5.62. The molecule has 5 nitrogen and oxygen atoms in total. The maximum atomic E-state index is 12.7. The lowest BCUT2D eigenvalue weighted by atomic mass is 10.2. The zero-order chi connectivity index (χ0) is 19.6. The normalized spacial score (nSPS) is 17.2. The van der Waals surface area contributed by atoms with Gasteiger partial charge in [0.2, 0.25) is 0 Å². The molecule has 0 atom stereocenters. The quantitative estimate of drug-likeness (QED) is 0.608. The molecule has 2 aromatic carbocycles. The van der Waals surface area contributed by atoms with Crippen molar-refractivity contribution in [3.63, 3.8) is 0 Å². The maximum absolute atomic E-state index is 12.7. The van der Waals surface area contributed by atoms with Gasteiger partial charge in [0.15, 0.2) is 5.17 Å². The van der Waals surface area contributed by atoms with E-state index in [4.69, 9.17) is 16.3 Å². The summed E-state index contributed by atoms with van der Waals surface area (Å²) >= 11 is 10.6. The van der Waals surface area contributed by atoms with Gasteiger partial charge in [0.05, 0.1) is 27.2 Å². The van der Waals surface area contributed by atoms with Gasteiger partial charge in [-0.25, -0.2) is 4.99 Å². The van der Waals surface area contributed by atoms with Gasteiger partial charge in [-0.3, -0.25) is 9.69 Å². The number of hydrogen-bond acceptors (Lipinski definition) is 5. The van der Waals surface area contributed by atoms with Crippen molar-refractivity contribution in [3.8, 4) is 11.5 Å². The molecule has 0 saturated carbocycles. The van der Waals surface area contributed by atoms with Crippen molar-refractivity contribution >= 4 is 62.1 Å². The van der Waals surface area contributed by atoms with Crippen molar-refractivity contribution in [1.29, 1.82) is 0 Å². The third-order valence-corrected chi connectivity index (χ3v) is 5.74. The molecule has 27 heavy (non-hydrogen) atoms. The minimum absolute atomic E-state index is 0.0267. The van der Waals surface area contributed by atoms with E-state index in [9.17, 15) is 9.90 Å². The summed E-state index contributed by atoms with van der Waals surface area (Å²) in [5.74, 6) is 0.605. The molecule has 1 amide bonds. The maximum Gasteiger partial charge on any atom is 0.266 e. The number of carbonyl (C=O) groups excluding carboxylic acids is 1. The number of aromatic hydroxyl groups is 1. The van der Waals surface area contributed by atoms with E-state index < -0.39 is 0 Å². The fourth-order valence-corrected chi connectivity index (χ4v) is 4.34. The van der Waals surface area contributed by atoms with Gasteiger partial charge in [-0.15, -0.1) is 0 Å². The molecule has 140 valence electrons. The first-order valence-electron chi connectivity index (χ1n) is 8.05. The van der Waals surface area contributed by atoms with Crippen LogP contribution in [0.15, 0.2) is 50.8 Å². The molecular formula is C19H16BrClN2O3S. The second-order valence-electron chi connectivity index (χ2n) is 5.59. The molecule has 0 bridgehead atoms. The number of amidine groups is 1. The number of rotatable bonds is 4. The zero-order valence-electron chi connectivity index (χ0n) is 14.6. The summed E-state index contributed by atoms with van der Waals surface area (Å²) in [6.45, 7) is 2.41. The number of likely N-dealkylation sites (N-methyl/N-ethyl adjacent to an activating group) is 1. The summed E-state index contributed by atoms with van der Waals surface area (Å²) in [6, 6.07) is 10.6. The highest BCUT2D eigenvalue weighted by Gasteiger charge is 2.32. The Hall–Kier alpha value is -1.96. The van der Waals surface area contributed by atoms with Crippen LogP contribution in [0.2, 0.25) is 5.02 Å². The van der Waals surface area contributed by atoms with Gasteiger partial charge in [0.1, 0.15) is 11.5 Å². The first kappa shape index (κ1) is 19.8. The number of ether oxygens (including phenoxy) is 1. The number of benzene rings is 2. The van der Waals surface area contributed by atoms with Crippen molar-refractivity contribution in [2.24, 2.45) is 4.99 Å². The van der Waals surface area contributed by atoms with Crippen molar-refractivity contribution in [2.75, 3.05) is 13.7 Å². The predicted molar refractivity (Wildman–Crippen MR) is 114 cm³/mol. The molecule has 1 fully saturated rings. The van der Waals surface area contributed by atoms with E-state index in [1.165, 1.54) is 11.8 Å². The molecule has 2 aromatic rings. The average Bonchev–Trinajstić information content (AvgIpc) is 2.94. The summed E-state index contributed by atoms with van der Waals surface area (Å²) in [7, 11) is 1.61. The number of aliphatic imine (C=N–C) groups is 1. The number of phenolic OH excluding ortho intramolecular Hbond substituents is 1. The summed E-state index contributed by atoms with van der Waals surface area (Å²) in [6.07, 6.45) is 1.74. The van der Waals surface area contributed by atoms with Crippen LogP contribution in [0.4, 0.5) is 5.69 Å². The lowest BCUT2D eigenvalue weighted by Crippen LogP contribution is -2.28. The van der Waals surface area contributed by atoms with Crippen LogP contribution in [0.3, 0.4) is 0 Å². The van der Waals surface area contributed by atoms with E-state index in [1.54, 1.807) is 30.2 Å². The van der Waals surface area contributed by atoms with E-state index in [0.29, 0.717) is 26.7 Å². The number of halogens is 2. The molecule has 0 radical (unpaired) electrons. The molecule has 1 aliphatic heterocycles. The lowest BCUT2D eigenvalue weighted by molar-refractivity contribution is -0.122. The zero-order valence-corrected chi connectivity index (χ0v) is 17.7. The number of phenols is 1. The summed E-state index contributed by atoms with van der Waals surface area (Å²) in [5, 5.41) is 10.6. The highest BCUT2D eigenvalue weighted by Crippen LogP contribution is 2.37. The molecule has 0 spiro atoms. The minimum Gasteiger partial charge on any atom is -0.505 e. The SMILES string of the molecule is CCN1C(=O)/C(=C\c2cc(Cl)c(O)c(Br)c2)SC1=Nc1ccc(OC)cc1. The van der Waals surface area contributed by atoms with Gasteiger partial charge in [-0.2, -0.15) is 0 Å². The summed E-state index contributed by atoms with van der Waals surface area (Å²) in [4.78, 5) is 19.5. The van der Waals surface area contributed by atoms with Gasteiger partial charge in [-0.1, -0.05) is 11.6 Å². The molecule has 1 heterocycles. The molecule has 8 heteroatoms. The van der Waals surface area contributed by atoms with Gasteiger partial charge in [0.25, 0.3) is 5.91 Å². The van der Waals surface area contributed by atoms with Gasteiger partial charge >= 0.3 is 0 Å². The van der Waals surface area contributed by atoms with Crippen LogP contribution >= 0.6 is 39.3 Å². The number of amides is 1. The molecule has 1 aliphatic rings. The van der Waals surface area contributed by atoms with E-state index >= 15 is 0 Å². The second kappa shape index (κ2) is 8.37. The van der Waals surface area contributed by atoms with Gasteiger partial charge < -0.3 is 9.84 Å². The Labute approximate surface area is 174 Å². The summed E-state index contributed by atoms with van der Waals surface area (Å²) in [5.41, 5.74) is 1.45. The highest BCUT2D eigenvalue weighted by atomic mass is 79.9. The average molecular weight is 468 g/mol. The lowest BCUT2D eigenvalue weighted by Gasteiger charge is -2.12. The van der Waals surface area contributed by atoms with E-state index in [1.807, 2.05) is 31.2 Å². The molecule has 3 rings (SSSR count). The van der Waals surface area contributed by atoms with Gasteiger partial charge in [-0.05, 0) is 82.7 Å². The Balaban J connectivity index is 1.93. The number of hydrogen-bond donors (Lipinski definition) is 1. The Morgan fingerprint density at radius 1 is 1.33 bits per heavy atom. The van der Waals surface area contributed by atoms with Crippen LogP contribution in [-0.2, 0) is 4.79 Å². The van der Waals surface area contributed by atoms with E-state index in [-0.39, 0.29) is 16.7 Å². The molecular weight excluding hydrogens is 452 g/mol. The fourth-order valence-electron chi connectivity index (χ4n) is 2.46. The number of methoxy groups -OCH3 is 1. The van der Waals surface area contributed by atoms with Crippen molar-refractivity contribution in [3.05, 3.63) is 56.4 Å². The molecule has 1 N–H and O–H groups in total. The van der Waals surface area contributed by atoms with Crippen LogP contribution < -0.4 is 4.74 Å². The Morgan fingerprint density at radius 3 is 2.63 bits per heavy atom. The van der Waals surface area contributed by atoms with Gasteiger partial charge in [0, 0.05) is 6.54 Å². The largest absolute Gasteiger partial charge is 0.505 e. The first-order valence-corrected chi connectivity index (χ1v) is 10.0. The van der Waals surface area contributed by atoms with Crippen LogP contribution in [0.5, 0.6) is 11.5 Å². The van der Waals surface area contributed by atoms with Crippen LogP contribution in [0.1, 0.15) is 12.5 Å². The highest BCUT2D eigenvalue weighted by molar-refractivity contribution is 9.10. The van der Waals surface area contributed by atoms with Crippen molar-refractivity contribution in [1.82, 2.24) is 4.90 Å². The Kier molecular flexibility index (Phi) is 6.14. The predicted octanol–water partition coefficient (Wildman–Crippen LogP) is 5.44. The minimum atomic E-state index is -0.116. The second-order valence-corrected chi connectivity index (χ2v) is 7.86. The number of nitrogens with zero attached hydrogens (tertiary/aromatic N) is 2. The molecule has 0 unspecified atom stereocenters. The topological polar surface area (TPSA) is 62.1 Å². The molecule has 0 aromatic heterocycles. The first-order chi connectivity index (χ1) is 12.9. The number of carbonyl (C=O) groups is 1. The van der Waals surface area contributed by atoms with E-state index in [0.717, 1.165) is 11.4 Å². The number of thioether (sulfide) groups is 1. The van der Waals surface area contributed by atoms with Crippen LogP contribution in [0.25, 0.3) is 6.08 Å². The van der Waals surface area contributed by atoms with Crippen molar-refractivity contribution < 1.29 is 14.6 Å². The Morgan fingerprint density at radius 2 is 2.04 bits per heavy atom. The molecule has 0 aliphatic carbocycles. The third kappa shape index (κ3) is 4.31. The molecule has 1 saturated heterocycles. The third-order valence-electron chi connectivity index (χ3n) is 3.84. The monoisotopic (exact) mass is 466 g/mol. The van der Waals surface area contributed by atoms with Crippen LogP contribution in [-0.4, -0.2) is 34.7 Å². The van der Waals surface area contributed by atoms with Crippen molar-refractivity contribution in [2.45, 2.75) is 6.92 Å². The standard InChI is InChI=1S/C19H16BrClN2O3S/c1-3-23-18(25)16(10-11-8-14(20)17(24)15(21)9-11)27-19(23)22-12-4-6-13(26-2)7-5-12/h4-10,24H,3H2,1-2H3/b16-10+,22-19?.